The molecule has 3 heteroatoms. The maximum absolute atomic E-state index is 12.8. The Morgan fingerprint density at radius 1 is 1.24 bits per heavy atom. The summed E-state index contributed by atoms with van der Waals surface area (Å²) in [5, 5.41) is 2.96. The van der Waals surface area contributed by atoms with Gasteiger partial charge in [-0.05, 0) is 37.5 Å². The molecule has 1 aromatic rings. The maximum atomic E-state index is 12.8. The number of carbonyl (C=O) groups excluding carboxylic acids is 1. The molecule has 0 saturated carbocycles. The summed E-state index contributed by atoms with van der Waals surface area (Å²) >= 11 is 0. The van der Waals surface area contributed by atoms with Crippen molar-refractivity contribution < 1.29 is 9.18 Å². The number of hydrogen-bond acceptors (Lipinski definition) is 1. The van der Waals surface area contributed by atoms with Gasteiger partial charge in [0.25, 0.3) is 0 Å². The van der Waals surface area contributed by atoms with Crippen LogP contribution in [0.4, 0.5) is 4.39 Å². The lowest BCUT2D eigenvalue weighted by atomic mass is 9.95. The fourth-order valence-corrected chi connectivity index (χ4v) is 1.71. The van der Waals surface area contributed by atoms with Crippen molar-refractivity contribution >= 4 is 5.91 Å². The minimum atomic E-state index is -0.272. The zero-order valence-electron chi connectivity index (χ0n) is 10.7. The minimum Gasteiger partial charge on any atom is -0.353 e. The molecule has 17 heavy (non-hydrogen) atoms. The SMILES string of the molecule is CCC(C)NC(=O)C(CC)c1ccc(F)cc1. The Morgan fingerprint density at radius 3 is 2.29 bits per heavy atom. The van der Waals surface area contributed by atoms with E-state index in [9.17, 15) is 9.18 Å². The number of hydrogen-bond donors (Lipinski definition) is 1. The fraction of sp³-hybridized carbons (Fsp3) is 0.500. The molecule has 0 spiro atoms. The third-order valence-electron chi connectivity index (χ3n) is 3.00. The second kappa shape index (κ2) is 6.38. The first-order valence-electron chi connectivity index (χ1n) is 6.14. The van der Waals surface area contributed by atoms with Gasteiger partial charge < -0.3 is 5.32 Å². The lowest BCUT2D eigenvalue weighted by molar-refractivity contribution is -0.123. The van der Waals surface area contributed by atoms with Gasteiger partial charge in [0, 0.05) is 6.04 Å². The number of nitrogens with one attached hydrogen (secondary N) is 1. The van der Waals surface area contributed by atoms with Crippen LogP contribution < -0.4 is 5.32 Å². The van der Waals surface area contributed by atoms with E-state index < -0.39 is 0 Å². The van der Waals surface area contributed by atoms with Gasteiger partial charge in [-0.1, -0.05) is 26.0 Å². The van der Waals surface area contributed by atoms with Gasteiger partial charge in [-0.25, -0.2) is 4.39 Å². The van der Waals surface area contributed by atoms with Gasteiger partial charge >= 0.3 is 0 Å². The van der Waals surface area contributed by atoms with Gasteiger partial charge in [-0.3, -0.25) is 4.79 Å². The van der Waals surface area contributed by atoms with E-state index in [0.29, 0.717) is 6.42 Å². The summed E-state index contributed by atoms with van der Waals surface area (Å²) in [6.45, 7) is 5.98. The monoisotopic (exact) mass is 237 g/mol. The largest absolute Gasteiger partial charge is 0.353 e. The summed E-state index contributed by atoms with van der Waals surface area (Å²) < 4.78 is 12.8. The molecule has 2 nitrogen and oxygen atoms in total. The summed E-state index contributed by atoms with van der Waals surface area (Å²) in [6.07, 6.45) is 1.62. The summed E-state index contributed by atoms with van der Waals surface area (Å²) in [6, 6.07) is 6.33. The summed E-state index contributed by atoms with van der Waals surface area (Å²) in [5.74, 6) is -0.441. The van der Waals surface area contributed by atoms with Crippen LogP contribution in [0.15, 0.2) is 24.3 Å². The van der Waals surface area contributed by atoms with Crippen LogP contribution in [0.1, 0.15) is 45.1 Å². The quantitative estimate of drug-likeness (QED) is 0.837. The van der Waals surface area contributed by atoms with Crippen molar-refractivity contribution in [2.24, 2.45) is 0 Å². The molecule has 1 aromatic carbocycles. The third-order valence-corrected chi connectivity index (χ3v) is 3.00. The van der Waals surface area contributed by atoms with E-state index in [1.807, 2.05) is 20.8 Å². The predicted molar refractivity (Wildman–Crippen MR) is 67.3 cm³/mol. The smallest absolute Gasteiger partial charge is 0.227 e. The predicted octanol–water partition coefficient (Wildman–Crippen LogP) is 3.23. The Balaban J connectivity index is 2.77. The van der Waals surface area contributed by atoms with Crippen LogP contribution in [0.2, 0.25) is 0 Å². The molecule has 2 unspecified atom stereocenters. The van der Waals surface area contributed by atoms with E-state index >= 15 is 0 Å². The van der Waals surface area contributed by atoms with Gasteiger partial charge in [-0.15, -0.1) is 0 Å². The lowest BCUT2D eigenvalue weighted by Gasteiger charge is -2.18. The normalized spacial score (nSPS) is 14.1. The molecule has 0 heterocycles. The summed E-state index contributed by atoms with van der Waals surface area (Å²) in [4.78, 5) is 12.0. The van der Waals surface area contributed by atoms with E-state index in [0.717, 1.165) is 12.0 Å². The number of benzene rings is 1. The van der Waals surface area contributed by atoms with Crippen LogP contribution in [0.5, 0.6) is 0 Å². The minimum absolute atomic E-state index is 0.0217. The van der Waals surface area contributed by atoms with Crippen LogP contribution in [-0.2, 0) is 4.79 Å². The zero-order chi connectivity index (χ0) is 12.8. The Bertz CT molecular complexity index is 361. The molecular weight excluding hydrogens is 217 g/mol. The first kappa shape index (κ1) is 13.7. The molecule has 0 bridgehead atoms. The first-order valence-corrected chi connectivity index (χ1v) is 6.14. The molecule has 0 saturated heterocycles. The third kappa shape index (κ3) is 3.84. The number of rotatable bonds is 5. The molecule has 94 valence electrons. The van der Waals surface area contributed by atoms with Crippen molar-refractivity contribution in [3.63, 3.8) is 0 Å². The highest BCUT2D eigenvalue weighted by atomic mass is 19.1. The van der Waals surface area contributed by atoms with Gasteiger partial charge in [0.15, 0.2) is 0 Å². The zero-order valence-corrected chi connectivity index (χ0v) is 10.7. The standard InChI is InChI=1S/C14H20FNO/c1-4-10(3)16-14(17)13(5-2)11-6-8-12(15)9-7-11/h6-10,13H,4-5H2,1-3H3,(H,16,17). The van der Waals surface area contributed by atoms with E-state index in [-0.39, 0.29) is 23.7 Å². The van der Waals surface area contributed by atoms with Crippen molar-refractivity contribution in [1.82, 2.24) is 5.32 Å². The second-order valence-corrected chi connectivity index (χ2v) is 4.33. The highest BCUT2D eigenvalue weighted by molar-refractivity contribution is 5.83. The maximum Gasteiger partial charge on any atom is 0.227 e. The molecule has 0 aliphatic heterocycles. The first-order chi connectivity index (χ1) is 8.08. The molecule has 0 aliphatic rings. The molecule has 1 amide bonds. The summed E-state index contributed by atoms with van der Waals surface area (Å²) in [7, 11) is 0. The molecule has 2 atom stereocenters. The Morgan fingerprint density at radius 2 is 1.82 bits per heavy atom. The lowest BCUT2D eigenvalue weighted by Crippen LogP contribution is -2.35. The van der Waals surface area contributed by atoms with E-state index in [2.05, 4.69) is 5.32 Å². The van der Waals surface area contributed by atoms with Crippen LogP contribution in [0.25, 0.3) is 0 Å². The second-order valence-electron chi connectivity index (χ2n) is 4.33. The molecule has 0 aromatic heterocycles. The van der Waals surface area contributed by atoms with Crippen molar-refractivity contribution in [2.75, 3.05) is 0 Å². The molecule has 0 aliphatic carbocycles. The van der Waals surface area contributed by atoms with E-state index in [1.54, 1.807) is 12.1 Å². The van der Waals surface area contributed by atoms with Crippen molar-refractivity contribution in [2.45, 2.75) is 45.6 Å². The van der Waals surface area contributed by atoms with Crippen molar-refractivity contribution in [3.05, 3.63) is 35.6 Å². The number of carbonyl (C=O) groups is 1. The molecule has 1 N–H and O–H groups in total. The Labute approximate surface area is 102 Å². The number of amides is 1. The molecule has 0 fully saturated rings. The fourth-order valence-electron chi connectivity index (χ4n) is 1.71. The van der Waals surface area contributed by atoms with Crippen molar-refractivity contribution in [3.8, 4) is 0 Å². The molecule has 0 radical (unpaired) electrons. The van der Waals surface area contributed by atoms with E-state index in [1.165, 1.54) is 12.1 Å². The molecular formula is C14H20FNO. The Kier molecular flexibility index (Phi) is 5.13. The van der Waals surface area contributed by atoms with Crippen LogP contribution in [0, 0.1) is 5.82 Å². The van der Waals surface area contributed by atoms with Gasteiger partial charge in [0.05, 0.1) is 5.92 Å². The average Bonchev–Trinajstić information content (AvgIpc) is 2.32. The highest BCUT2D eigenvalue weighted by Crippen LogP contribution is 2.20. The molecule has 1 rings (SSSR count). The van der Waals surface area contributed by atoms with E-state index in [4.69, 9.17) is 0 Å². The van der Waals surface area contributed by atoms with Gasteiger partial charge in [-0.2, -0.15) is 0 Å². The van der Waals surface area contributed by atoms with Crippen LogP contribution in [0.3, 0.4) is 0 Å². The Hall–Kier alpha value is -1.38. The highest BCUT2D eigenvalue weighted by Gasteiger charge is 2.19. The average molecular weight is 237 g/mol. The topological polar surface area (TPSA) is 29.1 Å². The van der Waals surface area contributed by atoms with Crippen molar-refractivity contribution in [1.29, 1.82) is 0 Å². The van der Waals surface area contributed by atoms with Crippen LogP contribution in [-0.4, -0.2) is 11.9 Å². The van der Waals surface area contributed by atoms with Crippen LogP contribution >= 0.6 is 0 Å². The summed E-state index contributed by atoms with van der Waals surface area (Å²) in [5.41, 5.74) is 0.870. The van der Waals surface area contributed by atoms with Gasteiger partial charge in [0.2, 0.25) is 5.91 Å². The van der Waals surface area contributed by atoms with Gasteiger partial charge in [0.1, 0.15) is 5.82 Å². The number of halogens is 1.